The average Bonchev–Trinajstić information content (AvgIpc) is 2.46. The standard InChI is InChI=1S/C16H24N2O/c1-12-3-5-13(6-4-12)11-18-16(19)14-7-9-15(17-2)10-8-14/h7-10,12-13,17H,3-6,11H2,1-2H3,(H,18,19). The molecule has 0 spiro atoms. The van der Waals surface area contributed by atoms with Gasteiger partial charge < -0.3 is 10.6 Å². The Kier molecular flexibility index (Phi) is 4.83. The first-order chi connectivity index (χ1) is 9.19. The summed E-state index contributed by atoms with van der Waals surface area (Å²) >= 11 is 0. The Hall–Kier alpha value is -1.51. The quantitative estimate of drug-likeness (QED) is 0.872. The average molecular weight is 260 g/mol. The van der Waals surface area contributed by atoms with Gasteiger partial charge in [0.2, 0.25) is 0 Å². The Morgan fingerprint density at radius 3 is 2.37 bits per heavy atom. The van der Waals surface area contributed by atoms with E-state index in [1.54, 1.807) is 0 Å². The van der Waals surface area contributed by atoms with Crippen LogP contribution in [0.3, 0.4) is 0 Å². The first kappa shape index (κ1) is 13.9. The van der Waals surface area contributed by atoms with Crippen LogP contribution in [0.5, 0.6) is 0 Å². The minimum absolute atomic E-state index is 0.0428. The fourth-order valence-corrected chi connectivity index (χ4v) is 2.66. The number of anilines is 1. The van der Waals surface area contributed by atoms with Gasteiger partial charge in [0.05, 0.1) is 0 Å². The molecule has 0 aromatic heterocycles. The summed E-state index contributed by atoms with van der Waals surface area (Å²) in [6.45, 7) is 3.14. The number of hydrogen-bond acceptors (Lipinski definition) is 2. The lowest BCUT2D eigenvalue weighted by atomic mass is 9.83. The van der Waals surface area contributed by atoms with Crippen molar-refractivity contribution in [3.05, 3.63) is 29.8 Å². The molecule has 1 amide bonds. The maximum absolute atomic E-state index is 12.0. The van der Waals surface area contributed by atoms with Crippen LogP contribution in [-0.4, -0.2) is 19.5 Å². The van der Waals surface area contributed by atoms with E-state index in [2.05, 4.69) is 17.6 Å². The number of benzene rings is 1. The second-order valence-electron chi connectivity index (χ2n) is 5.66. The molecule has 0 heterocycles. The van der Waals surface area contributed by atoms with E-state index in [1.165, 1.54) is 25.7 Å². The molecule has 0 atom stereocenters. The van der Waals surface area contributed by atoms with Crippen molar-refractivity contribution in [2.75, 3.05) is 18.9 Å². The Balaban J connectivity index is 1.80. The smallest absolute Gasteiger partial charge is 0.251 e. The summed E-state index contributed by atoms with van der Waals surface area (Å²) in [6.07, 6.45) is 5.11. The normalized spacial score (nSPS) is 22.8. The maximum Gasteiger partial charge on any atom is 0.251 e. The van der Waals surface area contributed by atoms with E-state index in [-0.39, 0.29) is 5.91 Å². The number of carbonyl (C=O) groups is 1. The van der Waals surface area contributed by atoms with Gasteiger partial charge in [-0.2, -0.15) is 0 Å². The predicted octanol–water partition coefficient (Wildman–Crippen LogP) is 3.28. The third-order valence-electron chi connectivity index (χ3n) is 4.12. The number of carbonyl (C=O) groups excluding carboxylic acids is 1. The van der Waals surface area contributed by atoms with Crippen molar-refractivity contribution in [2.24, 2.45) is 11.8 Å². The molecule has 1 fully saturated rings. The topological polar surface area (TPSA) is 41.1 Å². The van der Waals surface area contributed by atoms with E-state index in [1.807, 2.05) is 31.3 Å². The minimum atomic E-state index is 0.0428. The summed E-state index contributed by atoms with van der Waals surface area (Å²) in [6, 6.07) is 7.59. The number of rotatable bonds is 4. The molecule has 0 aliphatic heterocycles. The molecule has 104 valence electrons. The van der Waals surface area contributed by atoms with E-state index in [0.717, 1.165) is 23.7 Å². The minimum Gasteiger partial charge on any atom is -0.388 e. The van der Waals surface area contributed by atoms with Crippen molar-refractivity contribution in [1.82, 2.24) is 5.32 Å². The van der Waals surface area contributed by atoms with Gasteiger partial charge >= 0.3 is 0 Å². The SMILES string of the molecule is CNc1ccc(C(=O)NCC2CCC(C)CC2)cc1. The highest BCUT2D eigenvalue weighted by atomic mass is 16.1. The Bertz CT molecular complexity index is 405. The number of nitrogens with one attached hydrogen (secondary N) is 2. The molecule has 0 saturated heterocycles. The molecule has 2 rings (SSSR count). The highest BCUT2D eigenvalue weighted by Crippen LogP contribution is 2.27. The predicted molar refractivity (Wildman–Crippen MR) is 79.4 cm³/mol. The van der Waals surface area contributed by atoms with Crippen LogP contribution >= 0.6 is 0 Å². The fourth-order valence-electron chi connectivity index (χ4n) is 2.66. The molecule has 2 N–H and O–H groups in total. The van der Waals surface area contributed by atoms with Crippen LogP contribution in [0.2, 0.25) is 0 Å². The molecule has 3 heteroatoms. The Labute approximate surface area is 115 Å². The highest BCUT2D eigenvalue weighted by molar-refractivity contribution is 5.94. The monoisotopic (exact) mass is 260 g/mol. The summed E-state index contributed by atoms with van der Waals surface area (Å²) < 4.78 is 0. The van der Waals surface area contributed by atoms with Crippen molar-refractivity contribution in [2.45, 2.75) is 32.6 Å². The Morgan fingerprint density at radius 2 is 1.79 bits per heavy atom. The van der Waals surface area contributed by atoms with E-state index in [4.69, 9.17) is 0 Å². The van der Waals surface area contributed by atoms with Crippen molar-refractivity contribution >= 4 is 11.6 Å². The molecule has 1 aromatic carbocycles. The second-order valence-corrected chi connectivity index (χ2v) is 5.66. The summed E-state index contributed by atoms with van der Waals surface area (Å²) in [5, 5.41) is 6.11. The van der Waals surface area contributed by atoms with E-state index in [0.29, 0.717) is 5.92 Å². The van der Waals surface area contributed by atoms with Crippen molar-refractivity contribution < 1.29 is 4.79 Å². The zero-order chi connectivity index (χ0) is 13.7. The zero-order valence-electron chi connectivity index (χ0n) is 11.9. The van der Waals surface area contributed by atoms with Gasteiger partial charge in [-0.25, -0.2) is 0 Å². The summed E-state index contributed by atoms with van der Waals surface area (Å²) in [7, 11) is 1.87. The van der Waals surface area contributed by atoms with Gasteiger partial charge in [-0.05, 0) is 48.9 Å². The third kappa shape index (κ3) is 3.98. The van der Waals surface area contributed by atoms with Crippen LogP contribution in [0.4, 0.5) is 5.69 Å². The van der Waals surface area contributed by atoms with Gasteiger partial charge in [-0.15, -0.1) is 0 Å². The number of amides is 1. The lowest BCUT2D eigenvalue weighted by molar-refractivity contribution is 0.0942. The molecule has 1 aliphatic rings. The molecule has 1 saturated carbocycles. The lowest BCUT2D eigenvalue weighted by Crippen LogP contribution is -2.31. The van der Waals surface area contributed by atoms with Crippen LogP contribution in [0.1, 0.15) is 43.0 Å². The van der Waals surface area contributed by atoms with Crippen LogP contribution in [0.25, 0.3) is 0 Å². The third-order valence-corrected chi connectivity index (χ3v) is 4.12. The van der Waals surface area contributed by atoms with Crippen molar-refractivity contribution in [1.29, 1.82) is 0 Å². The molecule has 0 bridgehead atoms. The van der Waals surface area contributed by atoms with Gasteiger partial charge in [0.25, 0.3) is 5.91 Å². The molecule has 0 unspecified atom stereocenters. The van der Waals surface area contributed by atoms with Crippen molar-refractivity contribution in [3.63, 3.8) is 0 Å². The van der Waals surface area contributed by atoms with Gasteiger partial charge in [0.1, 0.15) is 0 Å². The molecule has 1 aromatic rings. The molecule has 19 heavy (non-hydrogen) atoms. The fraction of sp³-hybridized carbons (Fsp3) is 0.562. The second kappa shape index (κ2) is 6.60. The van der Waals surface area contributed by atoms with E-state index in [9.17, 15) is 4.79 Å². The van der Waals surface area contributed by atoms with E-state index >= 15 is 0 Å². The van der Waals surface area contributed by atoms with Gasteiger partial charge in [-0.3, -0.25) is 4.79 Å². The maximum atomic E-state index is 12.0. The first-order valence-corrected chi connectivity index (χ1v) is 7.25. The van der Waals surface area contributed by atoms with Gasteiger partial charge in [-0.1, -0.05) is 19.8 Å². The summed E-state index contributed by atoms with van der Waals surface area (Å²) in [5.41, 5.74) is 1.76. The van der Waals surface area contributed by atoms with Gasteiger partial charge in [0, 0.05) is 24.8 Å². The van der Waals surface area contributed by atoms with Crippen LogP contribution < -0.4 is 10.6 Å². The van der Waals surface area contributed by atoms with Crippen LogP contribution in [-0.2, 0) is 0 Å². The van der Waals surface area contributed by atoms with Crippen molar-refractivity contribution in [3.8, 4) is 0 Å². The van der Waals surface area contributed by atoms with Gasteiger partial charge in [0.15, 0.2) is 0 Å². The highest BCUT2D eigenvalue weighted by Gasteiger charge is 2.18. The molecular weight excluding hydrogens is 236 g/mol. The molecule has 1 aliphatic carbocycles. The zero-order valence-corrected chi connectivity index (χ0v) is 11.9. The first-order valence-electron chi connectivity index (χ1n) is 7.25. The Morgan fingerprint density at radius 1 is 1.16 bits per heavy atom. The lowest BCUT2D eigenvalue weighted by Gasteiger charge is -2.26. The number of hydrogen-bond donors (Lipinski definition) is 2. The largest absolute Gasteiger partial charge is 0.388 e. The molecule has 3 nitrogen and oxygen atoms in total. The van der Waals surface area contributed by atoms with E-state index < -0.39 is 0 Å². The summed E-state index contributed by atoms with van der Waals surface area (Å²) in [5.74, 6) is 1.57. The molecular formula is C16H24N2O. The summed E-state index contributed by atoms with van der Waals surface area (Å²) in [4.78, 5) is 12.0. The van der Waals surface area contributed by atoms with Crippen LogP contribution in [0.15, 0.2) is 24.3 Å². The molecule has 0 radical (unpaired) electrons. The van der Waals surface area contributed by atoms with Crippen LogP contribution in [0, 0.1) is 11.8 Å².